The Balaban J connectivity index is 3.53. The zero-order chi connectivity index (χ0) is 12.1. The van der Waals surface area contributed by atoms with Crippen molar-refractivity contribution in [2.24, 2.45) is 5.92 Å². The molecule has 89 valence electrons. The van der Waals surface area contributed by atoms with Crippen LogP contribution < -0.4 is 0 Å². The SMILES string of the molecule is C=CCC=CCC(C)/[C]=C/CCC=CCC. The Morgan fingerprint density at radius 2 is 1.94 bits per heavy atom. The van der Waals surface area contributed by atoms with Gasteiger partial charge >= 0.3 is 0 Å². The first-order valence-corrected chi connectivity index (χ1v) is 6.29. The molecule has 1 atom stereocenters. The Morgan fingerprint density at radius 1 is 1.12 bits per heavy atom. The Morgan fingerprint density at radius 3 is 2.62 bits per heavy atom. The fourth-order valence-corrected chi connectivity index (χ4v) is 1.31. The van der Waals surface area contributed by atoms with Crippen LogP contribution >= 0.6 is 0 Å². The molecule has 0 aliphatic heterocycles. The van der Waals surface area contributed by atoms with E-state index in [2.05, 4.69) is 56.9 Å². The summed E-state index contributed by atoms with van der Waals surface area (Å²) in [6.07, 6.45) is 21.8. The molecule has 0 bridgehead atoms. The van der Waals surface area contributed by atoms with Crippen molar-refractivity contribution in [3.05, 3.63) is 49.1 Å². The van der Waals surface area contributed by atoms with Crippen molar-refractivity contribution in [1.82, 2.24) is 0 Å². The topological polar surface area (TPSA) is 0 Å². The zero-order valence-electron chi connectivity index (χ0n) is 10.8. The van der Waals surface area contributed by atoms with Crippen molar-refractivity contribution in [3.8, 4) is 0 Å². The van der Waals surface area contributed by atoms with Crippen LogP contribution in [0.25, 0.3) is 0 Å². The maximum absolute atomic E-state index is 3.68. The van der Waals surface area contributed by atoms with E-state index in [-0.39, 0.29) is 0 Å². The Hall–Kier alpha value is -1.04. The summed E-state index contributed by atoms with van der Waals surface area (Å²) in [5, 5.41) is 0. The van der Waals surface area contributed by atoms with Gasteiger partial charge in [-0.3, -0.25) is 0 Å². The number of allylic oxidation sites excluding steroid dienone is 7. The molecule has 0 rings (SSSR count). The van der Waals surface area contributed by atoms with Crippen LogP contribution in [0.4, 0.5) is 0 Å². The van der Waals surface area contributed by atoms with E-state index in [1.165, 1.54) is 0 Å². The molecule has 0 spiro atoms. The van der Waals surface area contributed by atoms with Crippen LogP contribution in [0.2, 0.25) is 0 Å². The van der Waals surface area contributed by atoms with E-state index in [9.17, 15) is 0 Å². The second-order valence-electron chi connectivity index (χ2n) is 3.96. The summed E-state index contributed by atoms with van der Waals surface area (Å²) in [6, 6.07) is 0. The fourth-order valence-electron chi connectivity index (χ4n) is 1.31. The van der Waals surface area contributed by atoms with Crippen LogP contribution in [-0.2, 0) is 0 Å². The third kappa shape index (κ3) is 11.0. The molecule has 0 N–H and O–H groups in total. The molecule has 1 radical (unpaired) electrons. The van der Waals surface area contributed by atoms with Gasteiger partial charge in [0.15, 0.2) is 0 Å². The fraction of sp³-hybridized carbons (Fsp3) is 0.500. The Labute approximate surface area is 101 Å². The lowest BCUT2D eigenvalue weighted by atomic mass is 10.1. The first kappa shape index (κ1) is 15.0. The first-order chi connectivity index (χ1) is 7.81. The van der Waals surface area contributed by atoms with Crippen LogP contribution in [-0.4, -0.2) is 0 Å². The van der Waals surface area contributed by atoms with E-state index < -0.39 is 0 Å². The van der Waals surface area contributed by atoms with Crippen molar-refractivity contribution in [2.75, 3.05) is 0 Å². The second-order valence-corrected chi connectivity index (χ2v) is 3.96. The lowest BCUT2D eigenvalue weighted by molar-refractivity contribution is 0.716. The lowest BCUT2D eigenvalue weighted by Crippen LogP contribution is -1.86. The van der Waals surface area contributed by atoms with Gasteiger partial charge in [-0.1, -0.05) is 50.3 Å². The smallest absolute Gasteiger partial charge is 0.0156 e. The lowest BCUT2D eigenvalue weighted by Gasteiger charge is -1.99. The van der Waals surface area contributed by atoms with Gasteiger partial charge in [-0.15, -0.1) is 6.58 Å². The molecule has 0 aromatic rings. The van der Waals surface area contributed by atoms with Gasteiger partial charge in [0.2, 0.25) is 0 Å². The summed E-state index contributed by atoms with van der Waals surface area (Å²) in [5.41, 5.74) is 0. The van der Waals surface area contributed by atoms with E-state index in [1.54, 1.807) is 0 Å². The highest BCUT2D eigenvalue weighted by molar-refractivity contribution is 4.92. The maximum atomic E-state index is 3.68. The molecule has 0 heteroatoms. The van der Waals surface area contributed by atoms with E-state index in [0.717, 1.165) is 32.1 Å². The van der Waals surface area contributed by atoms with E-state index in [1.807, 2.05) is 6.08 Å². The summed E-state index contributed by atoms with van der Waals surface area (Å²) in [7, 11) is 0. The number of rotatable bonds is 9. The van der Waals surface area contributed by atoms with Gasteiger partial charge in [0, 0.05) is 0 Å². The maximum Gasteiger partial charge on any atom is -0.0156 e. The highest BCUT2D eigenvalue weighted by Crippen LogP contribution is 2.05. The van der Waals surface area contributed by atoms with Gasteiger partial charge in [-0.25, -0.2) is 0 Å². The predicted molar refractivity (Wildman–Crippen MR) is 74.2 cm³/mol. The molecule has 0 nitrogen and oxygen atoms in total. The number of hydrogen-bond donors (Lipinski definition) is 0. The van der Waals surface area contributed by atoms with Crippen molar-refractivity contribution >= 4 is 0 Å². The van der Waals surface area contributed by atoms with Crippen molar-refractivity contribution in [1.29, 1.82) is 0 Å². The zero-order valence-corrected chi connectivity index (χ0v) is 10.8. The van der Waals surface area contributed by atoms with Crippen LogP contribution in [0.3, 0.4) is 0 Å². The van der Waals surface area contributed by atoms with Gasteiger partial charge in [0.25, 0.3) is 0 Å². The van der Waals surface area contributed by atoms with E-state index in [4.69, 9.17) is 0 Å². The van der Waals surface area contributed by atoms with Gasteiger partial charge in [-0.2, -0.15) is 0 Å². The summed E-state index contributed by atoms with van der Waals surface area (Å²) in [5.74, 6) is 0.524. The monoisotopic (exact) mass is 217 g/mol. The molecule has 16 heavy (non-hydrogen) atoms. The van der Waals surface area contributed by atoms with Crippen LogP contribution in [0.5, 0.6) is 0 Å². The molecule has 0 saturated heterocycles. The number of hydrogen-bond acceptors (Lipinski definition) is 0. The van der Waals surface area contributed by atoms with Crippen LogP contribution in [0, 0.1) is 12.0 Å². The average Bonchev–Trinajstić information content (AvgIpc) is 2.29. The minimum absolute atomic E-state index is 0.524. The summed E-state index contributed by atoms with van der Waals surface area (Å²) < 4.78 is 0. The normalized spacial score (nSPS) is 14.1. The number of unbranched alkanes of at least 4 members (excludes halogenated alkanes) is 1. The third-order valence-corrected chi connectivity index (χ3v) is 2.24. The Bertz CT molecular complexity index is 230. The van der Waals surface area contributed by atoms with Crippen molar-refractivity contribution in [3.63, 3.8) is 0 Å². The van der Waals surface area contributed by atoms with Crippen molar-refractivity contribution < 1.29 is 0 Å². The standard InChI is InChI=1S/C16H25/c1-4-6-8-10-11-13-15-16(3)14-12-9-7-5-2/h5-6,8-9,12-13,16H,2,4,7,10-11,14H2,1,3H3. The molecule has 1 unspecified atom stereocenters. The summed E-state index contributed by atoms with van der Waals surface area (Å²) in [6.45, 7) is 8.05. The van der Waals surface area contributed by atoms with Gasteiger partial charge in [0.1, 0.15) is 0 Å². The molecule has 0 heterocycles. The Kier molecular flexibility index (Phi) is 11.2. The minimum Gasteiger partial charge on any atom is -0.103 e. The molecule has 0 aliphatic carbocycles. The second kappa shape index (κ2) is 12.0. The van der Waals surface area contributed by atoms with Crippen molar-refractivity contribution in [2.45, 2.75) is 46.0 Å². The van der Waals surface area contributed by atoms with Gasteiger partial charge in [-0.05, 0) is 44.1 Å². The predicted octanol–water partition coefficient (Wildman–Crippen LogP) is 5.25. The molecular formula is C16H25. The first-order valence-electron chi connectivity index (χ1n) is 6.29. The molecule has 0 aliphatic rings. The highest BCUT2D eigenvalue weighted by atomic mass is 14.0. The quantitative estimate of drug-likeness (QED) is 0.365. The molecule has 0 aromatic carbocycles. The largest absolute Gasteiger partial charge is 0.103 e. The van der Waals surface area contributed by atoms with Crippen LogP contribution in [0.1, 0.15) is 46.0 Å². The molecule has 0 aromatic heterocycles. The molecule has 0 amide bonds. The molecular weight excluding hydrogens is 192 g/mol. The van der Waals surface area contributed by atoms with Crippen LogP contribution in [0.15, 0.2) is 43.0 Å². The highest BCUT2D eigenvalue weighted by Gasteiger charge is 1.92. The van der Waals surface area contributed by atoms with Gasteiger partial charge < -0.3 is 0 Å². The van der Waals surface area contributed by atoms with E-state index >= 15 is 0 Å². The molecule has 0 saturated carbocycles. The third-order valence-electron chi connectivity index (χ3n) is 2.24. The summed E-state index contributed by atoms with van der Waals surface area (Å²) in [4.78, 5) is 0. The summed E-state index contributed by atoms with van der Waals surface area (Å²) >= 11 is 0. The van der Waals surface area contributed by atoms with E-state index in [0.29, 0.717) is 5.92 Å². The minimum atomic E-state index is 0.524. The average molecular weight is 217 g/mol. The molecule has 0 fully saturated rings. The van der Waals surface area contributed by atoms with Gasteiger partial charge in [0.05, 0.1) is 0 Å².